The predicted octanol–water partition coefficient (Wildman–Crippen LogP) is 2.75. The number of urea groups is 1. The quantitative estimate of drug-likeness (QED) is 0.543. The van der Waals surface area contributed by atoms with Gasteiger partial charge in [-0.05, 0) is 48.5 Å². The Kier molecular flexibility index (Phi) is 5.27. The Bertz CT molecular complexity index is 857. The van der Waals surface area contributed by atoms with E-state index in [1.807, 2.05) is 37.3 Å². The molecule has 1 saturated heterocycles. The summed E-state index contributed by atoms with van der Waals surface area (Å²) in [5, 5.41) is 6.77. The summed E-state index contributed by atoms with van der Waals surface area (Å²) in [4.78, 5) is 25.4. The molecule has 0 spiro atoms. The molecule has 1 aliphatic rings. The van der Waals surface area contributed by atoms with Gasteiger partial charge in [0, 0.05) is 5.69 Å². The van der Waals surface area contributed by atoms with Gasteiger partial charge in [-0.15, -0.1) is 0 Å². The number of hydrogen-bond donors (Lipinski definition) is 3. The van der Waals surface area contributed by atoms with Gasteiger partial charge in [0.2, 0.25) is 0 Å². The van der Waals surface area contributed by atoms with Crippen molar-refractivity contribution in [3.63, 3.8) is 0 Å². The maximum atomic E-state index is 13.0. The number of amides is 3. The number of carbonyl (C=O) groups excluding carboxylic acids is 2. The van der Waals surface area contributed by atoms with Crippen LogP contribution in [0.25, 0.3) is 0 Å². The lowest BCUT2D eigenvalue weighted by Gasteiger charge is -2.25. The third kappa shape index (κ3) is 3.56. The summed E-state index contributed by atoms with van der Waals surface area (Å²) >= 11 is 5.24. The third-order valence-electron chi connectivity index (χ3n) is 4.45. The monoisotopic (exact) mass is 384 g/mol. The number of benzene rings is 2. The fraction of sp³-hybridized carbons (Fsp3) is 0.211. The van der Waals surface area contributed by atoms with E-state index in [0.717, 1.165) is 10.6 Å². The highest BCUT2D eigenvalue weighted by Crippen LogP contribution is 2.31. The molecule has 1 aliphatic heterocycles. The van der Waals surface area contributed by atoms with Crippen molar-refractivity contribution in [1.29, 1.82) is 0 Å². The second-order valence-corrected chi connectivity index (χ2v) is 6.40. The number of hydrogen-bond acceptors (Lipinski definition) is 4. The summed E-state index contributed by atoms with van der Waals surface area (Å²) in [5.74, 6) is 0.309. The maximum absolute atomic E-state index is 13.0. The Labute approximate surface area is 162 Å². The highest BCUT2D eigenvalue weighted by molar-refractivity contribution is 7.80. The van der Waals surface area contributed by atoms with Crippen LogP contribution >= 0.6 is 12.2 Å². The van der Waals surface area contributed by atoms with Crippen molar-refractivity contribution in [2.75, 3.05) is 12.4 Å². The lowest BCUT2D eigenvalue weighted by Crippen LogP contribution is -2.49. The molecule has 2 aromatic rings. The average Bonchev–Trinajstić information content (AvgIpc) is 2.94. The molecule has 0 saturated carbocycles. The smallest absolute Gasteiger partial charge is 0.344 e. The molecule has 0 aromatic heterocycles. The standard InChI is InChI=1S/C19H20N4O3S/c1-3-19(13-7-5-4-6-8-13)16(24)23(18(25)21-19)22-17(27)20-14-9-11-15(26-2)12-10-14/h4-12H,3H2,1-2H3,(H,21,25)(H2,20,22,27)/t19-/m1/s1. The van der Waals surface area contributed by atoms with E-state index in [1.165, 1.54) is 0 Å². The number of nitrogens with one attached hydrogen (secondary N) is 3. The van der Waals surface area contributed by atoms with E-state index in [0.29, 0.717) is 17.9 Å². The zero-order chi connectivity index (χ0) is 19.4. The van der Waals surface area contributed by atoms with E-state index >= 15 is 0 Å². The van der Waals surface area contributed by atoms with Crippen LogP contribution in [0.5, 0.6) is 5.75 Å². The van der Waals surface area contributed by atoms with Gasteiger partial charge in [-0.1, -0.05) is 37.3 Å². The summed E-state index contributed by atoms with van der Waals surface area (Å²) in [5.41, 5.74) is 2.99. The van der Waals surface area contributed by atoms with Gasteiger partial charge >= 0.3 is 6.03 Å². The number of carbonyl (C=O) groups is 2. The van der Waals surface area contributed by atoms with E-state index in [1.54, 1.807) is 31.4 Å². The van der Waals surface area contributed by atoms with Crippen LogP contribution in [0, 0.1) is 0 Å². The SMILES string of the molecule is CC[C@]1(c2ccccc2)NC(=O)N(NC(=S)Nc2ccc(OC)cc2)C1=O. The molecule has 27 heavy (non-hydrogen) atoms. The molecule has 2 aromatic carbocycles. The Morgan fingerprint density at radius 1 is 1.15 bits per heavy atom. The fourth-order valence-electron chi connectivity index (χ4n) is 2.97. The van der Waals surface area contributed by atoms with Crippen LogP contribution in [0.15, 0.2) is 54.6 Å². The molecule has 0 aliphatic carbocycles. The van der Waals surface area contributed by atoms with Crippen LogP contribution in [-0.4, -0.2) is 29.2 Å². The van der Waals surface area contributed by atoms with Crippen molar-refractivity contribution in [2.24, 2.45) is 0 Å². The first-order valence-corrected chi connectivity index (χ1v) is 8.85. The molecular weight excluding hydrogens is 364 g/mol. The summed E-state index contributed by atoms with van der Waals surface area (Å²) in [6.45, 7) is 1.85. The van der Waals surface area contributed by atoms with E-state index < -0.39 is 17.5 Å². The first-order chi connectivity index (χ1) is 13.0. The highest BCUT2D eigenvalue weighted by atomic mass is 32.1. The van der Waals surface area contributed by atoms with Gasteiger partial charge in [0.15, 0.2) is 5.11 Å². The summed E-state index contributed by atoms with van der Waals surface area (Å²) < 4.78 is 5.11. The molecule has 3 N–H and O–H groups in total. The minimum absolute atomic E-state index is 0.128. The van der Waals surface area contributed by atoms with E-state index in [2.05, 4.69) is 16.1 Å². The number of imide groups is 1. The number of methoxy groups -OCH3 is 1. The molecule has 0 bridgehead atoms. The van der Waals surface area contributed by atoms with Crippen molar-refractivity contribution in [3.8, 4) is 5.75 Å². The molecule has 1 heterocycles. The molecule has 1 atom stereocenters. The normalized spacial score (nSPS) is 18.8. The van der Waals surface area contributed by atoms with Gasteiger partial charge in [-0.25, -0.2) is 4.79 Å². The summed E-state index contributed by atoms with van der Waals surface area (Å²) in [6, 6.07) is 15.7. The van der Waals surface area contributed by atoms with Gasteiger partial charge in [0.05, 0.1) is 7.11 Å². The van der Waals surface area contributed by atoms with Crippen LogP contribution in [0.2, 0.25) is 0 Å². The molecule has 3 amide bonds. The zero-order valence-electron chi connectivity index (χ0n) is 15.0. The number of rotatable bonds is 5. The Morgan fingerprint density at radius 2 is 1.81 bits per heavy atom. The number of ether oxygens (including phenoxy) is 1. The largest absolute Gasteiger partial charge is 0.497 e. The van der Waals surface area contributed by atoms with Gasteiger partial charge < -0.3 is 15.4 Å². The molecule has 0 radical (unpaired) electrons. The maximum Gasteiger partial charge on any atom is 0.344 e. The first kappa shape index (κ1) is 18.7. The van der Waals surface area contributed by atoms with Crippen molar-refractivity contribution in [3.05, 3.63) is 60.2 Å². The fourth-order valence-corrected chi connectivity index (χ4v) is 3.18. The molecule has 140 valence electrons. The average molecular weight is 384 g/mol. The van der Waals surface area contributed by atoms with Crippen LogP contribution in [-0.2, 0) is 10.3 Å². The van der Waals surface area contributed by atoms with Crippen LogP contribution in [0.1, 0.15) is 18.9 Å². The summed E-state index contributed by atoms with van der Waals surface area (Å²) in [7, 11) is 1.58. The van der Waals surface area contributed by atoms with E-state index in [-0.39, 0.29) is 5.11 Å². The van der Waals surface area contributed by atoms with Crippen molar-refractivity contribution in [2.45, 2.75) is 18.9 Å². The van der Waals surface area contributed by atoms with Crippen LogP contribution < -0.4 is 20.8 Å². The van der Waals surface area contributed by atoms with E-state index in [9.17, 15) is 9.59 Å². The number of hydrazine groups is 1. The number of nitrogens with zero attached hydrogens (tertiary/aromatic N) is 1. The third-order valence-corrected chi connectivity index (χ3v) is 4.64. The minimum atomic E-state index is -1.11. The topological polar surface area (TPSA) is 82.7 Å². The molecule has 8 heteroatoms. The van der Waals surface area contributed by atoms with Crippen molar-refractivity contribution < 1.29 is 14.3 Å². The Hall–Kier alpha value is -3.13. The second-order valence-electron chi connectivity index (χ2n) is 5.99. The Balaban J connectivity index is 1.74. The number of thiocarbonyl (C=S) groups is 1. The van der Waals surface area contributed by atoms with Gasteiger partial charge in [0.25, 0.3) is 5.91 Å². The number of anilines is 1. The predicted molar refractivity (Wildman–Crippen MR) is 106 cm³/mol. The first-order valence-electron chi connectivity index (χ1n) is 8.44. The molecule has 1 fully saturated rings. The van der Waals surface area contributed by atoms with Gasteiger partial charge in [-0.3, -0.25) is 10.2 Å². The minimum Gasteiger partial charge on any atom is -0.497 e. The molecule has 3 rings (SSSR count). The lowest BCUT2D eigenvalue weighted by molar-refractivity contribution is -0.133. The molecule has 7 nitrogen and oxygen atoms in total. The van der Waals surface area contributed by atoms with Crippen LogP contribution in [0.3, 0.4) is 0 Å². The zero-order valence-corrected chi connectivity index (χ0v) is 15.8. The molecule has 0 unspecified atom stereocenters. The summed E-state index contributed by atoms with van der Waals surface area (Å²) in [6.07, 6.45) is 0.415. The van der Waals surface area contributed by atoms with Crippen LogP contribution in [0.4, 0.5) is 10.5 Å². The van der Waals surface area contributed by atoms with E-state index in [4.69, 9.17) is 17.0 Å². The lowest BCUT2D eigenvalue weighted by atomic mass is 9.87. The van der Waals surface area contributed by atoms with Gasteiger partial charge in [0.1, 0.15) is 11.3 Å². The van der Waals surface area contributed by atoms with Crippen molar-refractivity contribution in [1.82, 2.24) is 15.8 Å². The second kappa shape index (κ2) is 7.63. The molecular formula is C19H20N4O3S. The van der Waals surface area contributed by atoms with Gasteiger partial charge in [-0.2, -0.15) is 5.01 Å². The van der Waals surface area contributed by atoms with Crippen molar-refractivity contribution >= 4 is 35.0 Å². The highest BCUT2D eigenvalue weighted by Gasteiger charge is 2.51. The Morgan fingerprint density at radius 3 is 2.41 bits per heavy atom.